The van der Waals surface area contributed by atoms with Gasteiger partial charge in [-0.3, -0.25) is 9.78 Å². The Morgan fingerprint density at radius 3 is 2.80 bits per heavy atom. The molecule has 128 valence electrons. The zero-order chi connectivity index (χ0) is 17.2. The van der Waals surface area contributed by atoms with Crippen LogP contribution in [0, 0.1) is 0 Å². The van der Waals surface area contributed by atoms with Crippen molar-refractivity contribution in [1.29, 1.82) is 0 Å². The predicted molar refractivity (Wildman–Crippen MR) is 95.3 cm³/mol. The Morgan fingerprint density at radius 1 is 1.20 bits per heavy atom. The lowest BCUT2D eigenvalue weighted by Crippen LogP contribution is -2.38. The minimum Gasteiger partial charge on any atom is -0.339 e. The SMILES string of the molecule is CCn1cnnc1C1CCN(C(=O)c2cccc3cccnc23)CC1. The number of hydrogen-bond acceptors (Lipinski definition) is 4. The van der Waals surface area contributed by atoms with Crippen LogP contribution < -0.4 is 0 Å². The third kappa shape index (κ3) is 2.88. The summed E-state index contributed by atoms with van der Waals surface area (Å²) in [6.07, 6.45) is 5.36. The molecule has 0 spiro atoms. The number of amides is 1. The summed E-state index contributed by atoms with van der Waals surface area (Å²) >= 11 is 0. The van der Waals surface area contributed by atoms with Gasteiger partial charge in [0.2, 0.25) is 0 Å². The van der Waals surface area contributed by atoms with Gasteiger partial charge in [-0.2, -0.15) is 0 Å². The first-order valence-electron chi connectivity index (χ1n) is 8.78. The Hall–Kier alpha value is -2.76. The summed E-state index contributed by atoms with van der Waals surface area (Å²) < 4.78 is 2.09. The van der Waals surface area contributed by atoms with Crippen LogP contribution in [-0.2, 0) is 6.54 Å². The molecule has 1 saturated heterocycles. The van der Waals surface area contributed by atoms with Crippen LogP contribution in [0.25, 0.3) is 10.9 Å². The number of fused-ring (bicyclic) bond motifs is 1. The summed E-state index contributed by atoms with van der Waals surface area (Å²) in [4.78, 5) is 19.3. The molecule has 0 bridgehead atoms. The molecule has 1 aliphatic heterocycles. The number of rotatable bonds is 3. The molecule has 1 aromatic carbocycles. The molecule has 6 heteroatoms. The van der Waals surface area contributed by atoms with Gasteiger partial charge in [-0.1, -0.05) is 18.2 Å². The zero-order valence-electron chi connectivity index (χ0n) is 14.3. The van der Waals surface area contributed by atoms with Crippen LogP contribution in [-0.4, -0.2) is 43.6 Å². The van der Waals surface area contributed by atoms with Crippen LogP contribution in [0.4, 0.5) is 0 Å². The maximum absolute atomic E-state index is 13.0. The van der Waals surface area contributed by atoms with E-state index in [4.69, 9.17) is 0 Å². The van der Waals surface area contributed by atoms with Crippen molar-refractivity contribution in [2.75, 3.05) is 13.1 Å². The van der Waals surface area contributed by atoms with Crippen LogP contribution in [0.1, 0.15) is 41.9 Å². The number of carbonyl (C=O) groups excluding carboxylic acids is 1. The first-order chi connectivity index (χ1) is 12.3. The average molecular weight is 335 g/mol. The highest BCUT2D eigenvalue weighted by Crippen LogP contribution is 2.28. The first kappa shape index (κ1) is 15.7. The van der Waals surface area contributed by atoms with Crippen molar-refractivity contribution in [2.45, 2.75) is 32.2 Å². The highest BCUT2D eigenvalue weighted by Gasteiger charge is 2.28. The number of aromatic nitrogens is 4. The lowest BCUT2D eigenvalue weighted by Gasteiger charge is -2.31. The lowest BCUT2D eigenvalue weighted by atomic mass is 9.95. The second kappa shape index (κ2) is 6.63. The van der Waals surface area contributed by atoms with Gasteiger partial charge in [-0.15, -0.1) is 10.2 Å². The molecule has 25 heavy (non-hydrogen) atoms. The number of pyridine rings is 1. The molecule has 2 aromatic heterocycles. The van der Waals surface area contributed by atoms with Crippen molar-refractivity contribution in [1.82, 2.24) is 24.6 Å². The van der Waals surface area contributed by atoms with Crippen molar-refractivity contribution in [2.24, 2.45) is 0 Å². The van der Waals surface area contributed by atoms with Crippen LogP contribution in [0.15, 0.2) is 42.9 Å². The van der Waals surface area contributed by atoms with Crippen LogP contribution in [0.5, 0.6) is 0 Å². The molecular weight excluding hydrogens is 314 g/mol. The van der Waals surface area contributed by atoms with Crippen molar-refractivity contribution < 1.29 is 4.79 Å². The Kier molecular flexibility index (Phi) is 4.17. The van der Waals surface area contributed by atoms with Gasteiger partial charge in [0.15, 0.2) is 0 Å². The van der Waals surface area contributed by atoms with Crippen molar-refractivity contribution in [3.63, 3.8) is 0 Å². The number of likely N-dealkylation sites (tertiary alicyclic amines) is 1. The van der Waals surface area contributed by atoms with Gasteiger partial charge < -0.3 is 9.47 Å². The molecule has 3 heterocycles. The van der Waals surface area contributed by atoms with E-state index in [-0.39, 0.29) is 5.91 Å². The largest absolute Gasteiger partial charge is 0.339 e. The standard InChI is InChI=1S/C19H21N5O/c1-2-23-13-21-22-18(23)15-8-11-24(12-9-15)19(25)16-7-3-5-14-6-4-10-20-17(14)16/h3-7,10,13,15H,2,8-9,11-12H2,1H3. The Labute approximate surface area is 146 Å². The minimum absolute atomic E-state index is 0.0692. The molecule has 3 aromatic rings. The fourth-order valence-corrected chi connectivity index (χ4v) is 3.61. The van der Waals surface area contributed by atoms with E-state index in [0.29, 0.717) is 11.5 Å². The quantitative estimate of drug-likeness (QED) is 0.738. The van der Waals surface area contributed by atoms with Gasteiger partial charge in [0.25, 0.3) is 5.91 Å². The van der Waals surface area contributed by atoms with E-state index in [1.54, 1.807) is 12.5 Å². The molecule has 0 atom stereocenters. The fraction of sp³-hybridized carbons (Fsp3) is 0.368. The zero-order valence-corrected chi connectivity index (χ0v) is 14.3. The van der Waals surface area contributed by atoms with Crippen molar-refractivity contribution in [3.8, 4) is 0 Å². The number of nitrogens with zero attached hydrogens (tertiary/aromatic N) is 5. The third-order valence-corrected chi connectivity index (χ3v) is 5.00. The molecule has 0 aliphatic carbocycles. The molecular formula is C19H21N5O. The van der Waals surface area contributed by atoms with E-state index >= 15 is 0 Å². The van der Waals surface area contributed by atoms with E-state index in [9.17, 15) is 4.79 Å². The Bertz CT molecular complexity index is 890. The Balaban J connectivity index is 1.51. The van der Waals surface area contributed by atoms with E-state index < -0.39 is 0 Å². The second-order valence-corrected chi connectivity index (χ2v) is 6.42. The van der Waals surface area contributed by atoms with Gasteiger partial charge in [0, 0.05) is 37.1 Å². The topological polar surface area (TPSA) is 63.9 Å². The van der Waals surface area contributed by atoms with Crippen LogP contribution in [0.3, 0.4) is 0 Å². The molecule has 4 rings (SSSR count). The summed E-state index contributed by atoms with van der Waals surface area (Å²) in [5.74, 6) is 1.48. The normalized spacial score (nSPS) is 15.6. The van der Waals surface area contributed by atoms with Crippen molar-refractivity contribution in [3.05, 3.63) is 54.2 Å². The fourth-order valence-electron chi connectivity index (χ4n) is 3.61. The molecule has 6 nitrogen and oxygen atoms in total. The van der Waals surface area contributed by atoms with E-state index in [2.05, 4.69) is 26.7 Å². The minimum atomic E-state index is 0.0692. The monoisotopic (exact) mass is 335 g/mol. The van der Waals surface area contributed by atoms with E-state index in [0.717, 1.165) is 49.2 Å². The van der Waals surface area contributed by atoms with Crippen molar-refractivity contribution >= 4 is 16.8 Å². The van der Waals surface area contributed by atoms with Crippen LogP contribution >= 0.6 is 0 Å². The summed E-state index contributed by atoms with van der Waals surface area (Å²) in [6.45, 7) is 4.45. The summed E-state index contributed by atoms with van der Waals surface area (Å²) in [5, 5.41) is 9.31. The first-order valence-corrected chi connectivity index (χ1v) is 8.78. The maximum Gasteiger partial charge on any atom is 0.256 e. The molecule has 0 N–H and O–H groups in total. The molecule has 0 radical (unpaired) electrons. The molecule has 0 saturated carbocycles. The predicted octanol–water partition coefficient (Wildman–Crippen LogP) is 2.87. The number of hydrogen-bond donors (Lipinski definition) is 0. The molecule has 1 aliphatic rings. The molecule has 1 fully saturated rings. The average Bonchev–Trinajstić information content (AvgIpc) is 3.16. The van der Waals surface area contributed by atoms with Crippen LogP contribution in [0.2, 0.25) is 0 Å². The highest BCUT2D eigenvalue weighted by atomic mass is 16.2. The molecule has 1 amide bonds. The van der Waals surface area contributed by atoms with Gasteiger partial charge in [0.05, 0.1) is 11.1 Å². The smallest absolute Gasteiger partial charge is 0.256 e. The van der Waals surface area contributed by atoms with Gasteiger partial charge >= 0.3 is 0 Å². The third-order valence-electron chi connectivity index (χ3n) is 5.00. The Morgan fingerprint density at radius 2 is 2.00 bits per heavy atom. The number of benzene rings is 1. The summed E-state index contributed by atoms with van der Waals surface area (Å²) in [7, 11) is 0. The second-order valence-electron chi connectivity index (χ2n) is 6.42. The number of aryl methyl sites for hydroxylation is 1. The summed E-state index contributed by atoms with van der Waals surface area (Å²) in [6, 6.07) is 9.67. The molecule has 0 unspecified atom stereocenters. The van der Waals surface area contributed by atoms with E-state index in [1.165, 1.54) is 0 Å². The lowest BCUT2D eigenvalue weighted by molar-refractivity contribution is 0.0712. The van der Waals surface area contributed by atoms with E-state index in [1.807, 2.05) is 35.2 Å². The van der Waals surface area contributed by atoms with Gasteiger partial charge in [0.1, 0.15) is 12.2 Å². The highest BCUT2D eigenvalue weighted by molar-refractivity contribution is 6.05. The van der Waals surface area contributed by atoms with Gasteiger partial charge in [-0.25, -0.2) is 0 Å². The summed E-state index contributed by atoms with van der Waals surface area (Å²) in [5.41, 5.74) is 1.47. The number of piperidine rings is 1. The number of carbonyl (C=O) groups is 1. The number of para-hydroxylation sites is 1. The van der Waals surface area contributed by atoms with Gasteiger partial charge in [-0.05, 0) is 31.9 Å². The maximum atomic E-state index is 13.0.